The lowest BCUT2D eigenvalue weighted by Crippen LogP contribution is -2.37. The van der Waals surface area contributed by atoms with Gasteiger partial charge in [0.2, 0.25) is 0 Å². The Labute approximate surface area is 144 Å². The van der Waals surface area contributed by atoms with Crippen molar-refractivity contribution >= 4 is 5.96 Å². The Morgan fingerprint density at radius 2 is 1.88 bits per heavy atom. The summed E-state index contributed by atoms with van der Waals surface area (Å²) in [7, 11) is 6.67. The molecule has 0 spiro atoms. The van der Waals surface area contributed by atoms with Crippen LogP contribution >= 0.6 is 0 Å². The lowest BCUT2D eigenvalue weighted by Gasteiger charge is -2.15. The summed E-state index contributed by atoms with van der Waals surface area (Å²) in [5.74, 6) is 2.18. The SMILES string of the molecule is CN=C(NCCCOCCOC)NCc1cccc(OC)c1OC. The lowest BCUT2D eigenvalue weighted by molar-refractivity contribution is 0.0698. The fraction of sp³-hybridized carbons (Fsp3) is 0.588. The van der Waals surface area contributed by atoms with Gasteiger partial charge in [-0.05, 0) is 12.5 Å². The van der Waals surface area contributed by atoms with E-state index in [1.807, 2.05) is 18.2 Å². The summed E-state index contributed by atoms with van der Waals surface area (Å²) in [5.41, 5.74) is 1.00. The van der Waals surface area contributed by atoms with Gasteiger partial charge in [-0.1, -0.05) is 12.1 Å². The molecular formula is C17H29N3O4. The summed E-state index contributed by atoms with van der Waals surface area (Å²) in [6.45, 7) is 3.31. The molecule has 136 valence electrons. The molecule has 0 unspecified atom stereocenters. The summed E-state index contributed by atoms with van der Waals surface area (Å²) in [6.07, 6.45) is 0.896. The van der Waals surface area contributed by atoms with E-state index in [0.717, 1.165) is 30.2 Å². The second-order valence-electron chi connectivity index (χ2n) is 4.96. The zero-order valence-corrected chi connectivity index (χ0v) is 15.1. The van der Waals surface area contributed by atoms with Gasteiger partial charge in [0.1, 0.15) is 0 Å². The van der Waals surface area contributed by atoms with E-state index in [-0.39, 0.29) is 0 Å². The predicted octanol–water partition coefficient (Wildman–Crippen LogP) is 1.42. The average Bonchev–Trinajstić information content (AvgIpc) is 2.62. The molecule has 0 heterocycles. The number of methoxy groups -OCH3 is 3. The average molecular weight is 339 g/mol. The van der Waals surface area contributed by atoms with Crippen molar-refractivity contribution in [2.75, 3.05) is 54.7 Å². The Balaban J connectivity index is 2.37. The van der Waals surface area contributed by atoms with Crippen molar-refractivity contribution in [3.8, 4) is 11.5 Å². The quantitative estimate of drug-likeness (QED) is 0.361. The molecule has 1 aromatic rings. The predicted molar refractivity (Wildman–Crippen MR) is 95.1 cm³/mol. The molecule has 7 heteroatoms. The maximum atomic E-state index is 5.43. The molecule has 0 aliphatic carbocycles. The third-order valence-corrected chi connectivity index (χ3v) is 3.34. The molecule has 0 aliphatic rings. The summed E-state index contributed by atoms with van der Waals surface area (Å²) >= 11 is 0. The van der Waals surface area contributed by atoms with Crippen LogP contribution in [0.1, 0.15) is 12.0 Å². The first-order valence-electron chi connectivity index (χ1n) is 7.97. The minimum Gasteiger partial charge on any atom is -0.493 e. The van der Waals surface area contributed by atoms with Crippen LogP contribution in [0, 0.1) is 0 Å². The van der Waals surface area contributed by atoms with Crippen LogP contribution in [-0.2, 0) is 16.0 Å². The molecule has 0 amide bonds. The van der Waals surface area contributed by atoms with Gasteiger partial charge >= 0.3 is 0 Å². The Morgan fingerprint density at radius 1 is 1.04 bits per heavy atom. The van der Waals surface area contributed by atoms with E-state index < -0.39 is 0 Å². The van der Waals surface area contributed by atoms with Gasteiger partial charge in [-0.3, -0.25) is 4.99 Å². The van der Waals surface area contributed by atoms with Crippen LogP contribution in [0.3, 0.4) is 0 Å². The molecule has 0 radical (unpaired) electrons. The highest BCUT2D eigenvalue weighted by Crippen LogP contribution is 2.30. The highest BCUT2D eigenvalue weighted by Gasteiger charge is 2.09. The summed E-state index contributed by atoms with van der Waals surface area (Å²) in [6, 6.07) is 5.80. The lowest BCUT2D eigenvalue weighted by atomic mass is 10.2. The molecule has 0 bridgehead atoms. The number of ether oxygens (including phenoxy) is 4. The standard InChI is InChI=1S/C17H29N3O4/c1-18-17(19-9-6-10-24-12-11-21-2)20-13-14-7-5-8-15(22-3)16(14)23-4/h5,7-8H,6,9-13H2,1-4H3,(H2,18,19,20). The Kier molecular flexibility index (Phi) is 10.4. The van der Waals surface area contributed by atoms with Gasteiger partial charge in [-0.2, -0.15) is 0 Å². The Hall–Kier alpha value is -1.99. The van der Waals surface area contributed by atoms with E-state index >= 15 is 0 Å². The van der Waals surface area contributed by atoms with Crippen molar-refractivity contribution in [2.45, 2.75) is 13.0 Å². The molecule has 0 saturated carbocycles. The third-order valence-electron chi connectivity index (χ3n) is 3.34. The first-order chi connectivity index (χ1) is 11.8. The molecule has 0 aliphatic heterocycles. The number of guanidine groups is 1. The molecule has 1 aromatic carbocycles. The number of nitrogens with one attached hydrogen (secondary N) is 2. The summed E-state index contributed by atoms with van der Waals surface area (Å²) in [5, 5.41) is 6.52. The van der Waals surface area contributed by atoms with Gasteiger partial charge in [0.15, 0.2) is 17.5 Å². The van der Waals surface area contributed by atoms with E-state index in [4.69, 9.17) is 18.9 Å². The van der Waals surface area contributed by atoms with Crippen molar-refractivity contribution in [3.05, 3.63) is 23.8 Å². The molecule has 1 rings (SSSR count). The van der Waals surface area contributed by atoms with Crippen LogP contribution in [0.2, 0.25) is 0 Å². The molecular weight excluding hydrogens is 310 g/mol. The number of nitrogens with zero attached hydrogens (tertiary/aromatic N) is 1. The smallest absolute Gasteiger partial charge is 0.191 e. The van der Waals surface area contributed by atoms with E-state index in [2.05, 4.69) is 15.6 Å². The van der Waals surface area contributed by atoms with Gasteiger partial charge in [-0.15, -0.1) is 0 Å². The van der Waals surface area contributed by atoms with Gasteiger partial charge in [-0.25, -0.2) is 0 Å². The number of rotatable bonds is 11. The van der Waals surface area contributed by atoms with Crippen LogP contribution in [0.15, 0.2) is 23.2 Å². The second-order valence-corrected chi connectivity index (χ2v) is 4.96. The van der Waals surface area contributed by atoms with Gasteiger partial charge in [0.25, 0.3) is 0 Å². The van der Waals surface area contributed by atoms with Crippen molar-refractivity contribution in [1.29, 1.82) is 0 Å². The fourth-order valence-corrected chi connectivity index (χ4v) is 2.12. The minimum absolute atomic E-state index is 0.588. The first kappa shape index (κ1) is 20.1. The maximum Gasteiger partial charge on any atom is 0.191 e. The highest BCUT2D eigenvalue weighted by atomic mass is 16.5. The van der Waals surface area contributed by atoms with Crippen LogP contribution < -0.4 is 20.1 Å². The van der Waals surface area contributed by atoms with Crippen LogP contribution in [0.5, 0.6) is 11.5 Å². The summed E-state index contributed by atoms with van der Waals surface area (Å²) < 4.78 is 21.1. The van der Waals surface area contributed by atoms with E-state index in [1.54, 1.807) is 28.4 Å². The van der Waals surface area contributed by atoms with Crippen LogP contribution in [0.25, 0.3) is 0 Å². The molecule has 0 atom stereocenters. The minimum atomic E-state index is 0.588. The molecule has 2 N–H and O–H groups in total. The summed E-state index contributed by atoms with van der Waals surface area (Å²) in [4.78, 5) is 4.21. The molecule has 0 aromatic heterocycles. The molecule has 7 nitrogen and oxygen atoms in total. The largest absolute Gasteiger partial charge is 0.493 e. The number of hydrogen-bond acceptors (Lipinski definition) is 5. The zero-order valence-electron chi connectivity index (χ0n) is 15.1. The van der Waals surface area contributed by atoms with Crippen molar-refractivity contribution in [2.24, 2.45) is 4.99 Å². The molecule has 0 fully saturated rings. The van der Waals surface area contributed by atoms with Crippen LogP contribution in [-0.4, -0.2) is 60.7 Å². The van der Waals surface area contributed by atoms with Crippen LogP contribution in [0.4, 0.5) is 0 Å². The third kappa shape index (κ3) is 7.06. The monoisotopic (exact) mass is 339 g/mol. The van der Waals surface area contributed by atoms with Crippen molar-refractivity contribution in [3.63, 3.8) is 0 Å². The second kappa shape index (κ2) is 12.4. The maximum absolute atomic E-state index is 5.43. The fourth-order valence-electron chi connectivity index (χ4n) is 2.12. The zero-order chi connectivity index (χ0) is 17.6. The van der Waals surface area contributed by atoms with Gasteiger partial charge < -0.3 is 29.6 Å². The topological polar surface area (TPSA) is 73.3 Å². The van der Waals surface area contributed by atoms with E-state index in [1.165, 1.54) is 0 Å². The van der Waals surface area contributed by atoms with E-state index in [0.29, 0.717) is 32.1 Å². The Bertz CT molecular complexity index is 495. The van der Waals surface area contributed by atoms with E-state index in [9.17, 15) is 0 Å². The number of benzene rings is 1. The Morgan fingerprint density at radius 3 is 2.54 bits per heavy atom. The number of para-hydroxylation sites is 1. The number of aliphatic imine (C=N–C) groups is 1. The highest BCUT2D eigenvalue weighted by molar-refractivity contribution is 5.79. The normalized spacial score (nSPS) is 11.2. The van der Waals surface area contributed by atoms with Gasteiger partial charge in [0.05, 0.1) is 27.4 Å². The van der Waals surface area contributed by atoms with Crippen molar-refractivity contribution < 1.29 is 18.9 Å². The molecule has 0 saturated heterocycles. The first-order valence-corrected chi connectivity index (χ1v) is 7.97. The number of hydrogen-bond donors (Lipinski definition) is 2. The molecule has 24 heavy (non-hydrogen) atoms. The van der Waals surface area contributed by atoms with Gasteiger partial charge in [0, 0.05) is 39.4 Å². The van der Waals surface area contributed by atoms with Crippen molar-refractivity contribution in [1.82, 2.24) is 10.6 Å².